The van der Waals surface area contributed by atoms with Crippen LogP contribution in [0.3, 0.4) is 0 Å². The Morgan fingerprint density at radius 3 is 2.88 bits per heavy atom. The number of hydrogen-bond acceptors (Lipinski definition) is 3. The Hall–Kier alpha value is -1.00. The maximum absolute atomic E-state index is 4.55. The van der Waals surface area contributed by atoms with Gasteiger partial charge in [0.05, 0.1) is 11.0 Å². The number of likely N-dealkylation sites (N-methyl/N-ethyl adjacent to an activating group) is 1. The molecule has 0 amide bonds. The zero-order chi connectivity index (χ0) is 12.4. The summed E-state index contributed by atoms with van der Waals surface area (Å²) in [4.78, 5) is 6.75. The molecule has 2 rings (SSSR count). The molecule has 0 radical (unpaired) electrons. The number of rotatable bonds is 4. The number of imidazole rings is 1. The molecular weight excluding hydrogens is 230 g/mol. The Balaban J connectivity index is 2.20. The lowest BCUT2D eigenvalue weighted by atomic mass is 10.1. The van der Waals surface area contributed by atoms with Gasteiger partial charge in [-0.25, -0.2) is 4.98 Å². The average Bonchev–Trinajstić information content (AvgIpc) is 2.62. The van der Waals surface area contributed by atoms with Crippen molar-refractivity contribution >= 4 is 23.7 Å². The van der Waals surface area contributed by atoms with Gasteiger partial charge in [-0.3, -0.25) is 4.90 Å². The van der Waals surface area contributed by atoms with Crippen LogP contribution in [-0.4, -0.2) is 33.9 Å². The van der Waals surface area contributed by atoms with E-state index in [4.69, 9.17) is 0 Å². The fourth-order valence-corrected chi connectivity index (χ4v) is 2.05. The third kappa shape index (κ3) is 2.64. The maximum atomic E-state index is 4.55. The van der Waals surface area contributed by atoms with Gasteiger partial charge in [-0.1, -0.05) is 6.07 Å². The first-order valence-electron chi connectivity index (χ1n) is 5.83. The first-order valence-corrected chi connectivity index (χ1v) is 6.46. The minimum Gasteiger partial charge on any atom is -0.331 e. The van der Waals surface area contributed by atoms with Gasteiger partial charge < -0.3 is 4.57 Å². The molecule has 0 saturated carbocycles. The van der Waals surface area contributed by atoms with Crippen molar-refractivity contribution in [3.05, 3.63) is 29.6 Å². The SMILES string of the molecule is Cc1nc2cc(CCN(C)CS)ccc2n1C. The lowest BCUT2D eigenvalue weighted by molar-refractivity contribution is 0.399. The molecule has 0 bridgehead atoms. The lowest BCUT2D eigenvalue weighted by Crippen LogP contribution is -2.19. The number of nitrogens with zero attached hydrogens (tertiary/aromatic N) is 3. The Morgan fingerprint density at radius 2 is 2.18 bits per heavy atom. The molecule has 1 heterocycles. The van der Waals surface area contributed by atoms with E-state index in [0.717, 1.165) is 30.2 Å². The molecule has 0 saturated heterocycles. The van der Waals surface area contributed by atoms with Crippen LogP contribution in [0.1, 0.15) is 11.4 Å². The van der Waals surface area contributed by atoms with Crippen molar-refractivity contribution in [2.24, 2.45) is 7.05 Å². The van der Waals surface area contributed by atoms with Gasteiger partial charge in [0, 0.05) is 19.5 Å². The summed E-state index contributed by atoms with van der Waals surface area (Å²) in [6, 6.07) is 6.54. The van der Waals surface area contributed by atoms with Gasteiger partial charge in [0.25, 0.3) is 0 Å². The van der Waals surface area contributed by atoms with Crippen LogP contribution in [0.5, 0.6) is 0 Å². The molecule has 0 N–H and O–H groups in total. The smallest absolute Gasteiger partial charge is 0.106 e. The number of benzene rings is 1. The van der Waals surface area contributed by atoms with Crippen molar-refractivity contribution in [1.29, 1.82) is 0 Å². The topological polar surface area (TPSA) is 21.1 Å². The predicted molar refractivity (Wildman–Crippen MR) is 75.6 cm³/mol. The van der Waals surface area contributed by atoms with E-state index in [2.05, 4.69) is 59.4 Å². The van der Waals surface area contributed by atoms with Gasteiger partial charge in [0.1, 0.15) is 5.82 Å². The number of aryl methyl sites for hydroxylation is 2. The Kier molecular flexibility index (Phi) is 3.74. The van der Waals surface area contributed by atoms with E-state index in [-0.39, 0.29) is 0 Å². The van der Waals surface area contributed by atoms with Crippen molar-refractivity contribution in [3.8, 4) is 0 Å². The van der Waals surface area contributed by atoms with Gasteiger partial charge in [0.2, 0.25) is 0 Å². The molecule has 0 aliphatic rings. The highest BCUT2D eigenvalue weighted by Gasteiger charge is 2.05. The van der Waals surface area contributed by atoms with Gasteiger partial charge in [0.15, 0.2) is 0 Å². The predicted octanol–water partition coefficient (Wildman–Crippen LogP) is 2.24. The van der Waals surface area contributed by atoms with Crippen molar-refractivity contribution in [2.75, 3.05) is 19.5 Å². The second-order valence-corrected chi connectivity index (χ2v) is 4.80. The van der Waals surface area contributed by atoms with Gasteiger partial charge >= 0.3 is 0 Å². The number of fused-ring (bicyclic) bond motifs is 1. The maximum Gasteiger partial charge on any atom is 0.106 e. The second-order valence-electron chi connectivity index (χ2n) is 4.51. The van der Waals surface area contributed by atoms with Crippen molar-refractivity contribution < 1.29 is 0 Å². The summed E-state index contributed by atoms with van der Waals surface area (Å²) >= 11 is 4.25. The third-order valence-corrected chi connectivity index (χ3v) is 3.68. The minimum absolute atomic E-state index is 0.797. The van der Waals surface area contributed by atoms with Crippen molar-refractivity contribution in [2.45, 2.75) is 13.3 Å². The number of aromatic nitrogens is 2. The molecular formula is C13H19N3S. The summed E-state index contributed by atoms with van der Waals surface area (Å²) < 4.78 is 2.12. The molecule has 0 atom stereocenters. The van der Waals surface area contributed by atoms with E-state index >= 15 is 0 Å². The molecule has 92 valence electrons. The highest BCUT2D eigenvalue weighted by Crippen LogP contribution is 2.16. The highest BCUT2D eigenvalue weighted by atomic mass is 32.1. The zero-order valence-corrected chi connectivity index (χ0v) is 11.5. The Bertz CT molecular complexity index is 519. The fraction of sp³-hybridized carbons (Fsp3) is 0.462. The molecule has 1 aromatic carbocycles. The molecule has 4 heteroatoms. The first-order chi connectivity index (χ1) is 8.11. The lowest BCUT2D eigenvalue weighted by Gasteiger charge is -2.12. The summed E-state index contributed by atoms with van der Waals surface area (Å²) in [5.74, 6) is 1.86. The second kappa shape index (κ2) is 5.10. The summed E-state index contributed by atoms with van der Waals surface area (Å²) in [6.07, 6.45) is 1.04. The van der Waals surface area contributed by atoms with Gasteiger partial charge in [-0.05, 0) is 38.1 Å². The van der Waals surface area contributed by atoms with Crippen LogP contribution in [0.2, 0.25) is 0 Å². The number of hydrogen-bond donors (Lipinski definition) is 1. The minimum atomic E-state index is 0.797. The fourth-order valence-electron chi connectivity index (χ4n) is 1.91. The van der Waals surface area contributed by atoms with Crippen LogP contribution >= 0.6 is 12.6 Å². The molecule has 17 heavy (non-hydrogen) atoms. The van der Waals surface area contributed by atoms with Crippen LogP contribution < -0.4 is 0 Å². The van der Waals surface area contributed by atoms with E-state index < -0.39 is 0 Å². The number of thiol groups is 1. The monoisotopic (exact) mass is 249 g/mol. The van der Waals surface area contributed by atoms with E-state index in [0.29, 0.717) is 0 Å². The Morgan fingerprint density at radius 1 is 1.41 bits per heavy atom. The highest BCUT2D eigenvalue weighted by molar-refractivity contribution is 7.80. The molecule has 0 spiro atoms. The summed E-state index contributed by atoms with van der Waals surface area (Å²) in [5, 5.41) is 0. The Labute approximate surface area is 108 Å². The van der Waals surface area contributed by atoms with Crippen LogP contribution in [0.15, 0.2) is 18.2 Å². The summed E-state index contributed by atoms with van der Waals surface area (Å²) in [6.45, 7) is 3.06. The van der Waals surface area contributed by atoms with Crippen LogP contribution in [0.4, 0.5) is 0 Å². The average molecular weight is 249 g/mol. The van der Waals surface area contributed by atoms with E-state index in [1.54, 1.807) is 0 Å². The summed E-state index contributed by atoms with van der Waals surface area (Å²) in [7, 11) is 4.13. The molecule has 3 nitrogen and oxygen atoms in total. The summed E-state index contributed by atoms with van der Waals surface area (Å²) in [5.41, 5.74) is 3.63. The largest absolute Gasteiger partial charge is 0.331 e. The molecule has 0 unspecified atom stereocenters. The molecule has 1 aromatic heterocycles. The quantitative estimate of drug-likeness (QED) is 0.663. The van der Waals surface area contributed by atoms with Crippen molar-refractivity contribution in [3.63, 3.8) is 0 Å². The third-order valence-electron chi connectivity index (χ3n) is 3.19. The van der Waals surface area contributed by atoms with E-state index in [1.807, 2.05) is 6.92 Å². The first kappa shape index (κ1) is 12.5. The van der Waals surface area contributed by atoms with Crippen LogP contribution in [0, 0.1) is 6.92 Å². The van der Waals surface area contributed by atoms with E-state index in [1.165, 1.54) is 11.1 Å². The standard InChI is InChI=1S/C13H19N3S/c1-10-14-12-8-11(6-7-15(2)9-17)4-5-13(12)16(10)3/h4-5,8,17H,6-7,9H2,1-3H3. The van der Waals surface area contributed by atoms with Gasteiger partial charge in [-0.15, -0.1) is 0 Å². The van der Waals surface area contributed by atoms with Crippen molar-refractivity contribution in [1.82, 2.24) is 14.5 Å². The molecule has 0 aliphatic heterocycles. The molecule has 0 fully saturated rings. The molecule has 2 aromatic rings. The van der Waals surface area contributed by atoms with Crippen LogP contribution in [-0.2, 0) is 13.5 Å². The van der Waals surface area contributed by atoms with Crippen LogP contribution in [0.25, 0.3) is 11.0 Å². The molecule has 0 aliphatic carbocycles. The van der Waals surface area contributed by atoms with E-state index in [9.17, 15) is 0 Å². The normalized spacial score (nSPS) is 11.6. The van der Waals surface area contributed by atoms with Gasteiger partial charge in [-0.2, -0.15) is 12.6 Å². The zero-order valence-electron chi connectivity index (χ0n) is 10.6.